The maximum absolute atomic E-state index is 14.0. The molecule has 0 aliphatic rings. The number of halogens is 2. The Hall–Kier alpha value is -3.27. The number of methoxy groups -OCH3 is 1. The molecule has 0 aliphatic carbocycles. The molecule has 0 saturated heterocycles. The second-order valence-electron chi connectivity index (χ2n) is 10.4. The number of nitrogens with zero attached hydrogens (tertiary/aromatic N) is 2. The van der Waals surface area contributed by atoms with Gasteiger partial charge in [0.25, 0.3) is 0 Å². The molecule has 0 heterocycles. The first-order valence-corrected chi connectivity index (χ1v) is 16.7. The Kier molecular flexibility index (Phi) is 12.7. The number of sulfonamides is 1. The lowest BCUT2D eigenvalue weighted by Crippen LogP contribution is -2.52. The van der Waals surface area contributed by atoms with E-state index in [1.807, 2.05) is 44.2 Å². The molecule has 43 heavy (non-hydrogen) atoms. The number of amides is 2. The van der Waals surface area contributed by atoms with Crippen LogP contribution in [-0.4, -0.2) is 57.1 Å². The zero-order valence-corrected chi connectivity index (χ0v) is 27.3. The van der Waals surface area contributed by atoms with Crippen LogP contribution in [0.1, 0.15) is 44.2 Å². The van der Waals surface area contributed by atoms with E-state index in [2.05, 4.69) is 5.32 Å². The van der Waals surface area contributed by atoms with Crippen LogP contribution in [0.25, 0.3) is 0 Å². The van der Waals surface area contributed by atoms with Crippen LogP contribution in [0.4, 0.5) is 5.69 Å². The van der Waals surface area contributed by atoms with Crippen molar-refractivity contribution in [3.05, 3.63) is 94.0 Å². The van der Waals surface area contributed by atoms with Gasteiger partial charge >= 0.3 is 0 Å². The summed E-state index contributed by atoms with van der Waals surface area (Å²) < 4.78 is 31.9. The highest BCUT2D eigenvalue weighted by molar-refractivity contribution is 7.92. The van der Waals surface area contributed by atoms with Crippen LogP contribution in [0, 0.1) is 0 Å². The Balaban J connectivity index is 1.92. The Bertz CT molecular complexity index is 1490. The zero-order chi connectivity index (χ0) is 31.6. The number of nitrogens with one attached hydrogen (secondary N) is 1. The summed E-state index contributed by atoms with van der Waals surface area (Å²) in [6, 6.07) is 20.4. The van der Waals surface area contributed by atoms with E-state index < -0.39 is 16.1 Å². The highest BCUT2D eigenvalue weighted by Crippen LogP contribution is 2.26. The number of anilines is 1. The Morgan fingerprint density at radius 1 is 1.00 bits per heavy atom. The Morgan fingerprint density at radius 3 is 2.35 bits per heavy atom. The van der Waals surface area contributed by atoms with Gasteiger partial charge in [-0.2, -0.15) is 0 Å². The van der Waals surface area contributed by atoms with Crippen LogP contribution >= 0.6 is 23.2 Å². The van der Waals surface area contributed by atoms with Crippen molar-refractivity contribution in [2.24, 2.45) is 0 Å². The topological polar surface area (TPSA) is 96.0 Å². The molecular formula is C32H39Cl2N3O5S. The van der Waals surface area contributed by atoms with Crippen LogP contribution < -0.4 is 14.4 Å². The van der Waals surface area contributed by atoms with Crippen molar-refractivity contribution in [2.75, 3.05) is 24.2 Å². The van der Waals surface area contributed by atoms with E-state index in [0.717, 1.165) is 18.2 Å². The normalized spacial score (nSPS) is 12.7. The van der Waals surface area contributed by atoms with Gasteiger partial charge in [-0.3, -0.25) is 13.9 Å². The molecule has 1 N–H and O–H groups in total. The second kappa shape index (κ2) is 16.0. The molecule has 0 saturated carbocycles. The summed E-state index contributed by atoms with van der Waals surface area (Å²) in [5, 5.41) is 3.88. The highest BCUT2D eigenvalue weighted by Gasteiger charge is 2.31. The molecule has 0 bridgehead atoms. The summed E-state index contributed by atoms with van der Waals surface area (Å²) >= 11 is 12.6. The fourth-order valence-electron chi connectivity index (χ4n) is 4.60. The third-order valence-corrected chi connectivity index (χ3v) is 8.90. The zero-order valence-electron chi connectivity index (χ0n) is 24.9. The first-order valence-electron chi connectivity index (χ1n) is 14.1. The minimum atomic E-state index is -3.65. The third-order valence-electron chi connectivity index (χ3n) is 7.12. The number of ether oxygens (including phenoxy) is 1. The molecule has 2 atom stereocenters. The Morgan fingerprint density at radius 2 is 1.72 bits per heavy atom. The molecule has 0 aliphatic heterocycles. The van der Waals surface area contributed by atoms with Crippen molar-refractivity contribution in [1.82, 2.24) is 10.2 Å². The molecular weight excluding hydrogens is 609 g/mol. The molecule has 0 aromatic heterocycles. The van der Waals surface area contributed by atoms with Gasteiger partial charge in [-0.15, -0.1) is 0 Å². The van der Waals surface area contributed by atoms with Crippen LogP contribution in [0.15, 0.2) is 72.8 Å². The maximum atomic E-state index is 14.0. The molecule has 3 rings (SSSR count). The standard InChI is InChI=1S/C32H39Cl2N3O5S/c1-5-23(2)35-32(39)30(19-24-11-7-6-8-12-24)36(22-25-16-17-26(33)20-29(25)34)31(38)15-10-18-37(43(4,40)41)27-13-9-14-28(21-27)42-3/h6-9,11-14,16-17,20-21,23,30H,5,10,15,18-19,22H2,1-4H3,(H,35,39)/t23-,30+/m1/s1. The maximum Gasteiger partial charge on any atom is 0.243 e. The van der Waals surface area contributed by atoms with Gasteiger partial charge < -0.3 is 15.0 Å². The lowest BCUT2D eigenvalue weighted by Gasteiger charge is -2.33. The number of carbonyl (C=O) groups excluding carboxylic acids is 2. The fourth-order valence-corrected chi connectivity index (χ4v) is 6.02. The summed E-state index contributed by atoms with van der Waals surface area (Å²) in [7, 11) is -2.14. The smallest absolute Gasteiger partial charge is 0.243 e. The van der Waals surface area contributed by atoms with Gasteiger partial charge in [-0.05, 0) is 55.2 Å². The van der Waals surface area contributed by atoms with Crippen LogP contribution in [0.2, 0.25) is 10.0 Å². The molecule has 0 spiro atoms. The lowest BCUT2D eigenvalue weighted by atomic mass is 10.0. The number of benzene rings is 3. The predicted molar refractivity (Wildman–Crippen MR) is 173 cm³/mol. The minimum Gasteiger partial charge on any atom is -0.497 e. The third kappa shape index (κ3) is 10.2. The number of hydrogen-bond donors (Lipinski definition) is 1. The van der Waals surface area contributed by atoms with E-state index >= 15 is 0 Å². The number of carbonyl (C=O) groups is 2. The number of hydrogen-bond acceptors (Lipinski definition) is 5. The molecule has 0 fully saturated rings. The first kappa shape index (κ1) is 34.2. The summed E-state index contributed by atoms with van der Waals surface area (Å²) in [5.74, 6) is -0.0551. The van der Waals surface area contributed by atoms with Gasteiger partial charge in [0.1, 0.15) is 11.8 Å². The summed E-state index contributed by atoms with van der Waals surface area (Å²) in [4.78, 5) is 29.2. The van der Waals surface area contributed by atoms with Crippen molar-refractivity contribution in [3.63, 3.8) is 0 Å². The summed E-state index contributed by atoms with van der Waals surface area (Å²) in [5.41, 5.74) is 1.98. The Labute approximate surface area is 265 Å². The van der Waals surface area contributed by atoms with E-state index in [-0.39, 0.29) is 43.8 Å². The molecule has 232 valence electrons. The lowest BCUT2D eigenvalue weighted by molar-refractivity contribution is -0.141. The SMILES string of the molecule is CC[C@@H](C)NC(=O)[C@H](Cc1ccccc1)N(Cc1ccc(Cl)cc1Cl)C(=O)CCCN(c1cccc(OC)c1)S(C)(=O)=O. The molecule has 11 heteroatoms. The van der Waals surface area contributed by atoms with Crippen molar-refractivity contribution < 1.29 is 22.7 Å². The quantitative estimate of drug-likeness (QED) is 0.215. The van der Waals surface area contributed by atoms with Gasteiger partial charge in [-0.1, -0.05) is 72.6 Å². The number of rotatable bonds is 15. The summed E-state index contributed by atoms with van der Waals surface area (Å²) in [6.45, 7) is 4.03. The highest BCUT2D eigenvalue weighted by atomic mass is 35.5. The first-order chi connectivity index (χ1) is 20.4. The van der Waals surface area contributed by atoms with Gasteiger partial charge in [0, 0.05) is 48.1 Å². The van der Waals surface area contributed by atoms with E-state index in [1.165, 1.54) is 16.3 Å². The van der Waals surface area contributed by atoms with Gasteiger partial charge in [-0.25, -0.2) is 8.42 Å². The van der Waals surface area contributed by atoms with E-state index in [9.17, 15) is 18.0 Å². The largest absolute Gasteiger partial charge is 0.497 e. The van der Waals surface area contributed by atoms with Crippen LogP contribution in [0.5, 0.6) is 5.75 Å². The van der Waals surface area contributed by atoms with Crippen LogP contribution in [-0.2, 0) is 32.6 Å². The molecule has 8 nitrogen and oxygen atoms in total. The molecule has 3 aromatic carbocycles. The monoisotopic (exact) mass is 647 g/mol. The average Bonchev–Trinajstić information content (AvgIpc) is 2.97. The molecule has 2 amide bonds. The predicted octanol–water partition coefficient (Wildman–Crippen LogP) is 6.10. The van der Waals surface area contributed by atoms with Gasteiger partial charge in [0.05, 0.1) is 19.1 Å². The molecule has 0 radical (unpaired) electrons. The van der Waals surface area contributed by atoms with E-state index in [0.29, 0.717) is 33.5 Å². The van der Waals surface area contributed by atoms with Gasteiger partial charge in [0.2, 0.25) is 21.8 Å². The fraction of sp³-hybridized carbons (Fsp3) is 0.375. The van der Waals surface area contributed by atoms with E-state index in [4.69, 9.17) is 27.9 Å². The van der Waals surface area contributed by atoms with E-state index in [1.54, 1.807) is 42.5 Å². The minimum absolute atomic E-state index is 0.00307. The van der Waals surface area contributed by atoms with Crippen molar-refractivity contribution >= 4 is 50.7 Å². The van der Waals surface area contributed by atoms with Crippen molar-refractivity contribution in [2.45, 2.75) is 58.2 Å². The van der Waals surface area contributed by atoms with Crippen LogP contribution in [0.3, 0.4) is 0 Å². The average molecular weight is 649 g/mol. The summed E-state index contributed by atoms with van der Waals surface area (Å²) in [6.07, 6.45) is 2.37. The molecule has 3 aromatic rings. The molecule has 0 unspecified atom stereocenters. The second-order valence-corrected chi connectivity index (χ2v) is 13.2. The van der Waals surface area contributed by atoms with Gasteiger partial charge in [0.15, 0.2) is 0 Å². The van der Waals surface area contributed by atoms with Crippen molar-refractivity contribution in [3.8, 4) is 5.75 Å². The van der Waals surface area contributed by atoms with Crippen molar-refractivity contribution in [1.29, 1.82) is 0 Å².